The van der Waals surface area contributed by atoms with Crippen LogP contribution in [0.4, 0.5) is 0 Å². The predicted octanol–water partition coefficient (Wildman–Crippen LogP) is 6.23. The van der Waals surface area contributed by atoms with Gasteiger partial charge in [-0.15, -0.1) is 0 Å². The molecule has 0 saturated heterocycles. The van der Waals surface area contributed by atoms with Crippen molar-refractivity contribution in [1.82, 2.24) is 0 Å². The molecule has 1 heterocycles. The first kappa shape index (κ1) is 21.1. The van der Waals surface area contributed by atoms with E-state index in [1.807, 2.05) is 6.07 Å². The van der Waals surface area contributed by atoms with E-state index in [1.165, 1.54) is 0 Å². The summed E-state index contributed by atoms with van der Waals surface area (Å²) in [5.74, 6) is 1.71. The van der Waals surface area contributed by atoms with Crippen molar-refractivity contribution in [3.63, 3.8) is 0 Å². The first-order valence-corrected chi connectivity index (χ1v) is 10.2. The van der Waals surface area contributed by atoms with Crippen LogP contribution in [0.5, 0.6) is 17.2 Å². The molecule has 0 unspecified atom stereocenters. The fraction of sp³-hybridized carbons (Fsp3) is 0.125. The van der Waals surface area contributed by atoms with Gasteiger partial charge in [-0.25, -0.2) is 0 Å². The number of benzene rings is 3. The summed E-state index contributed by atoms with van der Waals surface area (Å²) >= 11 is 12.4. The molecule has 0 aliphatic rings. The molecule has 7 heteroatoms. The molecule has 4 aromatic rings. The lowest BCUT2D eigenvalue weighted by molar-refractivity contribution is 0.214. The SMILES string of the molecule is COc1ccc(OCCOc2c(-c3ccccc3Cl)oc3ccc(Cl)cc3c2=O)cc1. The fourth-order valence-electron chi connectivity index (χ4n) is 3.08. The third-order valence-corrected chi connectivity index (χ3v) is 5.15. The number of methoxy groups -OCH3 is 1. The Morgan fingerprint density at radius 1 is 0.871 bits per heavy atom. The fourth-order valence-corrected chi connectivity index (χ4v) is 3.47. The molecule has 0 saturated carbocycles. The van der Waals surface area contributed by atoms with Gasteiger partial charge in [0.15, 0.2) is 5.76 Å². The zero-order chi connectivity index (χ0) is 21.8. The monoisotopic (exact) mass is 456 g/mol. The lowest BCUT2D eigenvalue weighted by Crippen LogP contribution is -2.15. The quantitative estimate of drug-likeness (QED) is 0.308. The zero-order valence-electron chi connectivity index (χ0n) is 16.6. The Kier molecular flexibility index (Phi) is 6.35. The minimum atomic E-state index is -0.330. The summed E-state index contributed by atoms with van der Waals surface area (Å²) in [6.45, 7) is 0.349. The first-order chi connectivity index (χ1) is 15.1. The number of ether oxygens (including phenoxy) is 3. The van der Waals surface area contributed by atoms with Crippen LogP contribution in [0.3, 0.4) is 0 Å². The molecule has 1 aromatic heterocycles. The van der Waals surface area contributed by atoms with Gasteiger partial charge in [0.1, 0.15) is 30.3 Å². The lowest BCUT2D eigenvalue weighted by atomic mass is 10.1. The molecule has 0 bridgehead atoms. The van der Waals surface area contributed by atoms with Crippen molar-refractivity contribution in [3.05, 3.63) is 87.0 Å². The van der Waals surface area contributed by atoms with Crippen molar-refractivity contribution in [3.8, 4) is 28.6 Å². The molecule has 0 fully saturated rings. The second-order valence-corrected chi connectivity index (χ2v) is 7.43. The van der Waals surface area contributed by atoms with E-state index in [2.05, 4.69) is 0 Å². The van der Waals surface area contributed by atoms with E-state index < -0.39 is 0 Å². The van der Waals surface area contributed by atoms with Crippen molar-refractivity contribution >= 4 is 34.2 Å². The van der Waals surface area contributed by atoms with Gasteiger partial charge in [-0.2, -0.15) is 0 Å². The molecule has 3 aromatic carbocycles. The predicted molar refractivity (Wildman–Crippen MR) is 122 cm³/mol. The van der Waals surface area contributed by atoms with Gasteiger partial charge in [0, 0.05) is 10.6 Å². The topological polar surface area (TPSA) is 57.9 Å². The van der Waals surface area contributed by atoms with E-state index in [-0.39, 0.29) is 30.2 Å². The summed E-state index contributed by atoms with van der Waals surface area (Å²) < 4.78 is 22.7. The Morgan fingerprint density at radius 2 is 1.58 bits per heavy atom. The molecular weight excluding hydrogens is 439 g/mol. The van der Waals surface area contributed by atoms with Crippen molar-refractivity contribution in [1.29, 1.82) is 0 Å². The number of halogens is 2. The third-order valence-electron chi connectivity index (χ3n) is 4.59. The van der Waals surface area contributed by atoms with Crippen LogP contribution in [0.2, 0.25) is 10.0 Å². The van der Waals surface area contributed by atoms with Crippen LogP contribution in [0.15, 0.2) is 75.9 Å². The van der Waals surface area contributed by atoms with Crippen LogP contribution in [-0.2, 0) is 0 Å². The third kappa shape index (κ3) is 4.63. The van der Waals surface area contributed by atoms with Crippen LogP contribution >= 0.6 is 23.2 Å². The van der Waals surface area contributed by atoms with Gasteiger partial charge in [-0.1, -0.05) is 35.3 Å². The van der Waals surface area contributed by atoms with Gasteiger partial charge in [-0.3, -0.25) is 4.79 Å². The van der Waals surface area contributed by atoms with Gasteiger partial charge in [0.05, 0.1) is 17.5 Å². The zero-order valence-corrected chi connectivity index (χ0v) is 18.1. The van der Waals surface area contributed by atoms with Crippen LogP contribution in [0, 0.1) is 0 Å². The second-order valence-electron chi connectivity index (χ2n) is 6.58. The molecule has 158 valence electrons. The average Bonchev–Trinajstić information content (AvgIpc) is 2.79. The standard InChI is InChI=1S/C24H18Cl2O5/c1-28-16-7-9-17(10-8-16)29-12-13-30-24-22(27)19-14-15(25)6-11-21(19)31-23(24)18-4-2-3-5-20(18)26/h2-11,14H,12-13H2,1H3. The van der Waals surface area contributed by atoms with Crippen LogP contribution in [0.1, 0.15) is 0 Å². The molecule has 0 aliphatic heterocycles. The molecular formula is C24H18Cl2O5. The number of rotatable bonds is 7. The molecule has 31 heavy (non-hydrogen) atoms. The van der Waals surface area contributed by atoms with Crippen molar-refractivity contribution in [2.45, 2.75) is 0 Å². The van der Waals surface area contributed by atoms with Crippen molar-refractivity contribution < 1.29 is 18.6 Å². The largest absolute Gasteiger partial charge is 0.497 e. The Hall–Kier alpha value is -3.15. The normalized spacial score (nSPS) is 10.8. The van der Waals surface area contributed by atoms with Gasteiger partial charge < -0.3 is 18.6 Å². The maximum Gasteiger partial charge on any atom is 0.235 e. The van der Waals surface area contributed by atoms with E-state index >= 15 is 0 Å². The van der Waals surface area contributed by atoms with Crippen molar-refractivity contribution in [2.75, 3.05) is 20.3 Å². The van der Waals surface area contributed by atoms with Gasteiger partial charge in [0.2, 0.25) is 11.2 Å². The highest BCUT2D eigenvalue weighted by Crippen LogP contribution is 2.35. The van der Waals surface area contributed by atoms with Gasteiger partial charge >= 0.3 is 0 Å². The lowest BCUT2D eigenvalue weighted by Gasteiger charge is -2.13. The maximum atomic E-state index is 13.2. The average molecular weight is 457 g/mol. The van der Waals surface area contributed by atoms with Crippen molar-refractivity contribution in [2.24, 2.45) is 0 Å². The highest BCUT2D eigenvalue weighted by Gasteiger charge is 2.20. The van der Waals surface area contributed by atoms with Gasteiger partial charge in [0.25, 0.3) is 0 Å². The highest BCUT2D eigenvalue weighted by molar-refractivity contribution is 6.33. The summed E-state index contributed by atoms with van der Waals surface area (Å²) in [4.78, 5) is 13.2. The van der Waals surface area contributed by atoms with E-state index in [1.54, 1.807) is 67.8 Å². The maximum absolute atomic E-state index is 13.2. The molecule has 0 N–H and O–H groups in total. The molecule has 5 nitrogen and oxygen atoms in total. The highest BCUT2D eigenvalue weighted by atomic mass is 35.5. The molecule has 0 aliphatic carbocycles. The molecule has 0 spiro atoms. The second kappa shape index (κ2) is 9.33. The minimum absolute atomic E-state index is 0.0567. The summed E-state index contributed by atoms with van der Waals surface area (Å²) in [6.07, 6.45) is 0. The summed E-state index contributed by atoms with van der Waals surface area (Å²) in [5.41, 5.74) is 0.624. The van der Waals surface area contributed by atoms with E-state index in [9.17, 15) is 4.79 Å². The number of hydrogen-bond donors (Lipinski definition) is 0. The van der Waals surface area contributed by atoms with E-state index in [0.29, 0.717) is 32.3 Å². The minimum Gasteiger partial charge on any atom is -0.497 e. The van der Waals surface area contributed by atoms with E-state index in [4.69, 9.17) is 41.8 Å². The van der Waals surface area contributed by atoms with E-state index in [0.717, 1.165) is 5.75 Å². The molecule has 4 rings (SSSR count). The Labute approximate surface area is 188 Å². The molecule has 0 atom stereocenters. The molecule has 0 amide bonds. The van der Waals surface area contributed by atoms with Crippen LogP contribution in [0.25, 0.3) is 22.3 Å². The summed E-state index contributed by atoms with van der Waals surface area (Å²) in [7, 11) is 1.60. The number of hydrogen-bond acceptors (Lipinski definition) is 5. The summed E-state index contributed by atoms with van der Waals surface area (Å²) in [6, 6.07) is 19.1. The Morgan fingerprint density at radius 3 is 2.32 bits per heavy atom. The van der Waals surface area contributed by atoms with Crippen LogP contribution < -0.4 is 19.6 Å². The van der Waals surface area contributed by atoms with Crippen LogP contribution in [-0.4, -0.2) is 20.3 Å². The van der Waals surface area contributed by atoms with Gasteiger partial charge in [-0.05, 0) is 54.6 Å². The molecule has 0 radical (unpaired) electrons. The summed E-state index contributed by atoms with van der Waals surface area (Å²) in [5, 5.41) is 1.20. The first-order valence-electron chi connectivity index (χ1n) is 9.48. The Balaban J connectivity index is 1.63. The smallest absolute Gasteiger partial charge is 0.235 e. The number of fused-ring (bicyclic) bond motifs is 1. The Bertz CT molecular complexity index is 1270.